The molecule has 2 rings (SSSR count). The van der Waals surface area contributed by atoms with Gasteiger partial charge in [0.2, 0.25) is 17.7 Å². The molecule has 0 aliphatic carbocycles. The molecule has 1 atom stereocenters. The molecule has 1 aliphatic heterocycles. The highest BCUT2D eigenvalue weighted by Crippen LogP contribution is 2.05. The number of hydrogen-bond acceptors (Lipinski definition) is 4. The van der Waals surface area contributed by atoms with Gasteiger partial charge in [0.1, 0.15) is 6.04 Å². The highest BCUT2D eigenvalue weighted by molar-refractivity contribution is 6.10. The van der Waals surface area contributed by atoms with Crippen LogP contribution in [0.3, 0.4) is 0 Å². The Morgan fingerprint density at radius 2 is 1.89 bits per heavy atom. The second-order valence-corrected chi connectivity index (χ2v) is 4.20. The highest BCUT2D eigenvalue weighted by Gasteiger charge is 2.31. The summed E-state index contributed by atoms with van der Waals surface area (Å²) in [6.07, 6.45) is -0.425. The van der Waals surface area contributed by atoms with Crippen molar-refractivity contribution in [3.8, 4) is 0 Å². The zero-order valence-corrected chi connectivity index (χ0v) is 10.0. The number of carbonyl (C=O) groups is 4. The molecule has 0 radical (unpaired) electrons. The van der Waals surface area contributed by atoms with Crippen molar-refractivity contribution >= 4 is 23.5 Å². The summed E-state index contributed by atoms with van der Waals surface area (Å²) in [5.41, 5.74) is 0.435. The third-order valence-corrected chi connectivity index (χ3v) is 2.72. The van der Waals surface area contributed by atoms with Gasteiger partial charge in [0.25, 0.3) is 0 Å². The summed E-state index contributed by atoms with van der Waals surface area (Å²) < 4.78 is 0. The Morgan fingerprint density at radius 3 is 2.47 bits per heavy atom. The number of ketones is 1. The number of Topliss-reactive ketones (excluding diaryl/α,β-unsaturated/α-hetero) is 1. The summed E-state index contributed by atoms with van der Waals surface area (Å²) in [4.78, 5) is 45.5. The van der Waals surface area contributed by atoms with Crippen LogP contribution in [0, 0.1) is 0 Å². The Morgan fingerprint density at radius 1 is 1.21 bits per heavy atom. The molecule has 1 aromatic rings. The van der Waals surface area contributed by atoms with E-state index >= 15 is 0 Å². The van der Waals surface area contributed by atoms with E-state index in [0.717, 1.165) is 0 Å². The summed E-state index contributed by atoms with van der Waals surface area (Å²) in [7, 11) is 0. The fraction of sp³-hybridized carbons (Fsp3) is 0.231. The smallest absolute Gasteiger partial charge is 0.249 e. The van der Waals surface area contributed by atoms with Gasteiger partial charge < -0.3 is 5.32 Å². The molecule has 1 fully saturated rings. The monoisotopic (exact) mass is 260 g/mol. The maximum Gasteiger partial charge on any atom is 0.249 e. The molecule has 6 nitrogen and oxygen atoms in total. The number of hydrogen-bond donors (Lipinski definition) is 2. The van der Waals surface area contributed by atoms with Crippen LogP contribution in [0.25, 0.3) is 0 Å². The van der Waals surface area contributed by atoms with Crippen molar-refractivity contribution in [2.24, 2.45) is 0 Å². The summed E-state index contributed by atoms with van der Waals surface area (Å²) in [5, 5.41) is 4.45. The normalized spacial score (nSPS) is 18.0. The molecule has 3 amide bonds. The standard InChI is InChI=1S/C13H12N2O4/c16-10(8-4-2-1-3-5-8)7-12(18)14-9-6-11(17)15-13(9)19/h1-5,9H,6-7H2,(H,14,18)(H,15,17,19). The first-order valence-electron chi connectivity index (χ1n) is 5.77. The lowest BCUT2D eigenvalue weighted by molar-refractivity contribution is -0.128. The van der Waals surface area contributed by atoms with Crippen molar-refractivity contribution in [1.29, 1.82) is 0 Å². The van der Waals surface area contributed by atoms with E-state index in [1.807, 2.05) is 0 Å². The second kappa shape index (κ2) is 5.43. The van der Waals surface area contributed by atoms with Gasteiger partial charge in [-0.05, 0) is 0 Å². The van der Waals surface area contributed by atoms with Crippen LogP contribution in [-0.2, 0) is 14.4 Å². The minimum Gasteiger partial charge on any atom is -0.343 e. The maximum atomic E-state index is 11.7. The fourth-order valence-corrected chi connectivity index (χ4v) is 1.79. The molecule has 1 heterocycles. The van der Waals surface area contributed by atoms with Crippen LogP contribution in [0.2, 0.25) is 0 Å². The van der Waals surface area contributed by atoms with Crippen LogP contribution in [0.1, 0.15) is 23.2 Å². The third-order valence-electron chi connectivity index (χ3n) is 2.72. The van der Waals surface area contributed by atoms with Crippen LogP contribution in [-0.4, -0.2) is 29.5 Å². The largest absolute Gasteiger partial charge is 0.343 e. The Bertz CT molecular complexity index is 539. The Kier molecular flexibility index (Phi) is 3.70. The third kappa shape index (κ3) is 3.25. The van der Waals surface area contributed by atoms with Crippen LogP contribution < -0.4 is 10.6 Å². The number of nitrogens with one attached hydrogen (secondary N) is 2. The highest BCUT2D eigenvalue weighted by atomic mass is 16.2. The number of rotatable bonds is 4. The maximum absolute atomic E-state index is 11.7. The predicted octanol–water partition coefficient (Wildman–Crippen LogP) is -0.209. The van der Waals surface area contributed by atoms with Crippen molar-refractivity contribution < 1.29 is 19.2 Å². The van der Waals surface area contributed by atoms with Crippen molar-refractivity contribution in [1.82, 2.24) is 10.6 Å². The van der Waals surface area contributed by atoms with Crippen molar-refractivity contribution in [2.75, 3.05) is 0 Å². The van der Waals surface area contributed by atoms with Gasteiger partial charge in [-0.2, -0.15) is 0 Å². The van der Waals surface area contributed by atoms with Gasteiger partial charge in [0.05, 0.1) is 12.8 Å². The van der Waals surface area contributed by atoms with E-state index in [4.69, 9.17) is 0 Å². The molecule has 0 saturated carbocycles. The minimum atomic E-state index is -0.872. The van der Waals surface area contributed by atoms with Gasteiger partial charge in [0.15, 0.2) is 5.78 Å². The Hall–Kier alpha value is -2.50. The molecule has 0 aromatic heterocycles. The summed E-state index contributed by atoms with van der Waals surface area (Å²) in [6, 6.07) is 7.53. The molecular weight excluding hydrogens is 248 g/mol. The molecule has 0 spiro atoms. The molecule has 1 unspecified atom stereocenters. The zero-order valence-electron chi connectivity index (χ0n) is 10.0. The molecule has 2 N–H and O–H groups in total. The van der Waals surface area contributed by atoms with Crippen LogP contribution in [0.5, 0.6) is 0 Å². The topological polar surface area (TPSA) is 92.3 Å². The van der Waals surface area contributed by atoms with Gasteiger partial charge in [-0.25, -0.2) is 0 Å². The molecule has 6 heteroatoms. The van der Waals surface area contributed by atoms with Gasteiger partial charge in [0, 0.05) is 5.56 Å². The minimum absolute atomic E-state index is 0.0793. The van der Waals surface area contributed by atoms with Gasteiger partial charge in [-0.3, -0.25) is 24.5 Å². The molecular formula is C13H12N2O4. The first kappa shape index (κ1) is 12.9. The molecule has 19 heavy (non-hydrogen) atoms. The number of amides is 3. The van der Waals surface area contributed by atoms with E-state index in [9.17, 15) is 19.2 Å². The number of carbonyl (C=O) groups excluding carboxylic acids is 4. The van der Waals surface area contributed by atoms with E-state index in [2.05, 4.69) is 10.6 Å². The van der Waals surface area contributed by atoms with Crippen LogP contribution in [0.15, 0.2) is 30.3 Å². The van der Waals surface area contributed by atoms with E-state index in [1.165, 1.54) is 0 Å². The van der Waals surface area contributed by atoms with Crippen molar-refractivity contribution in [3.63, 3.8) is 0 Å². The van der Waals surface area contributed by atoms with Gasteiger partial charge in [-0.1, -0.05) is 30.3 Å². The van der Waals surface area contributed by atoms with Crippen molar-refractivity contribution in [2.45, 2.75) is 18.9 Å². The second-order valence-electron chi connectivity index (χ2n) is 4.20. The summed E-state index contributed by atoms with van der Waals surface area (Å²) >= 11 is 0. The SMILES string of the molecule is O=C1CC(NC(=O)CC(=O)c2ccccc2)C(=O)N1. The summed E-state index contributed by atoms with van der Waals surface area (Å²) in [5.74, 6) is -1.86. The lowest BCUT2D eigenvalue weighted by Crippen LogP contribution is -2.40. The van der Waals surface area contributed by atoms with Gasteiger partial charge >= 0.3 is 0 Å². The molecule has 0 bridgehead atoms. The van der Waals surface area contributed by atoms with Gasteiger partial charge in [-0.15, -0.1) is 0 Å². The summed E-state index contributed by atoms with van der Waals surface area (Å²) in [6.45, 7) is 0. The van der Waals surface area contributed by atoms with Crippen LogP contribution >= 0.6 is 0 Å². The molecule has 1 aliphatic rings. The fourth-order valence-electron chi connectivity index (χ4n) is 1.79. The number of imide groups is 1. The van der Waals surface area contributed by atoms with E-state index in [-0.39, 0.29) is 18.6 Å². The molecule has 1 saturated heterocycles. The van der Waals surface area contributed by atoms with E-state index < -0.39 is 23.8 Å². The van der Waals surface area contributed by atoms with Crippen LogP contribution in [0.4, 0.5) is 0 Å². The Labute approximate surface area is 109 Å². The molecule has 1 aromatic carbocycles. The first-order chi connectivity index (χ1) is 9.06. The lowest BCUT2D eigenvalue weighted by atomic mass is 10.1. The Balaban J connectivity index is 1.90. The predicted molar refractivity (Wildman–Crippen MR) is 65.1 cm³/mol. The van der Waals surface area contributed by atoms with E-state index in [0.29, 0.717) is 5.56 Å². The number of benzene rings is 1. The quantitative estimate of drug-likeness (QED) is 0.445. The molecule has 98 valence electrons. The first-order valence-corrected chi connectivity index (χ1v) is 5.77. The van der Waals surface area contributed by atoms with Crippen molar-refractivity contribution in [3.05, 3.63) is 35.9 Å². The average molecular weight is 260 g/mol. The lowest BCUT2D eigenvalue weighted by Gasteiger charge is -2.08. The zero-order chi connectivity index (χ0) is 13.8. The average Bonchev–Trinajstić information content (AvgIpc) is 2.68. The van der Waals surface area contributed by atoms with E-state index in [1.54, 1.807) is 30.3 Å².